The molecule has 4 heteroatoms. The molecule has 1 aromatic rings. The highest BCUT2D eigenvalue weighted by Gasteiger charge is 2.34. The molecule has 98 valence electrons. The van der Waals surface area contributed by atoms with Gasteiger partial charge in [0, 0.05) is 12.1 Å². The van der Waals surface area contributed by atoms with E-state index in [9.17, 15) is 9.18 Å². The average molecular weight is 250 g/mol. The normalized spacial score (nSPS) is 21.4. The number of nitrogens with zero attached hydrogens (tertiary/aromatic N) is 1. The quantitative estimate of drug-likeness (QED) is 0.887. The number of carbonyl (C=O) groups is 1. The third-order valence-electron chi connectivity index (χ3n) is 3.51. The molecule has 1 fully saturated rings. The summed E-state index contributed by atoms with van der Waals surface area (Å²) in [5.41, 5.74) is 0.586. The zero-order chi connectivity index (χ0) is 13.1. The lowest BCUT2D eigenvalue weighted by atomic mass is 10.1. The van der Waals surface area contributed by atoms with Gasteiger partial charge in [-0.2, -0.15) is 0 Å². The fraction of sp³-hybridized carbons (Fsp3) is 0.500. The minimum Gasteiger partial charge on any atom is -0.334 e. The Morgan fingerprint density at radius 1 is 1.50 bits per heavy atom. The van der Waals surface area contributed by atoms with Crippen LogP contribution in [0.3, 0.4) is 0 Å². The van der Waals surface area contributed by atoms with Crippen molar-refractivity contribution < 1.29 is 9.18 Å². The van der Waals surface area contributed by atoms with Crippen LogP contribution < -0.4 is 5.32 Å². The van der Waals surface area contributed by atoms with E-state index >= 15 is 0 Å². The molecule has 0 radical (unpaired) electrons. The van der Waals surface area contributed by atoms with E-state index in [1.807, 2.05) is 13.8 Å². The SMILES string of the molecule is CCNC1CCN(C(C)c2ccccc2F)C1=O. The number of likely N-dealkylation sites (N-methyl/N-ethyl adjacent to an activating group) is 1. The fourth-order valence-electron chi connectivity index (χ4n) is 2.50. The molecule has 2 unspecified atom stereocenters. The summed E-state index contributed by atoms with van der Waals surface area (Å²) in [4.78, 5) is 13.9. The standard InChI is InChI=1S/C14H19FN2O/c1-3-16-13-8-9-17(14(13)18)10(2)11-6-4-5-7-12(11)15/h4-7,10,13,16H,3,8-9H2,1-2H3. The highest BCUT2D eigenvalue weighted by molar-refractivity contribution is 5.84. The summed E-state index contributed by atoms with van der Waals surface area (Å²) in [6.45, 7) is 5.32. The molecule has 0 aromatic heterocycles. The Labute approximate surface area is 107 Å². The topological polar surface area (TPSA) is 32.3 Å². The van der Waals surface area contributed by atoms with E-state index in [4.69, 9.17) is 0 Å². The second-order valence-electron chi connectivity index (χ2n) is 4.63. The van der Waals surface area contributed by atoms with Crippen LogP contribution in [0.4, 0.5) is 4.39 Å². The number of carbonyl (C=O) groups excluding carboxylic acids is 1. The second-order valence-corrected chi connectivity index (χ2v) is 4.63. The first-order valence-corrected chi connectivity index (χ1v) is 6.43. The maximum atomic E-state index is 13.7. The molecule has 1 saturated heterocycles. The molecule has 1 aliphatic rings. The van der Waals surface area contributed by atoms with Gasteiger partial charge in [0.1, 0.15) is 5.82 Å². The summed E-state index contributed by atoms with van der Waals surface area (Å²) >= 11 is 0. The average Bonchev–Trinajstić information content (AvgIpc) is 2.72. The first-order chi connectivity index (χ1) is 8.65. The molecular formula is C14H19FN2O. The summed E-state index contributed by atoms with van der Waals surface area (Å²) in [6, 6.07) is 6.34. The maximum absolute atomic E-state index is 13.7. The highest BCUT2D eigenvalue weighted by atomic mass is 19.1. The summed E-state index contributed by atoms with van der Waals surface area (Å²) in [5.74, 6) is -0.169. The predicted molar refractivity (Wildman–Crippen MR) is 68.6 cm³/mol. The zero-order valence-electron chi connectivity index (χ0n) is 10.8. The van der Waals surface area contributed by atoms with Crippen LogP contribution in [0.5, 0.6) is 0 Å². The van der Waals surface area contributed by atoms with Crippen LogP contribution >= 0.6 is 0 Å². The first kappa shape index (κ1) is 13.0. The van der Waals surface area contributed by atoms with Crippen LogP contribution in [-0.4, -0.2) is 29.9 Å². The van der Waals surface area contributed by atoms with Crippen LogP contribution in [0.25, 0.3) is 0 Å². The summed E-state index contributed by atoms with van der Waals surface area (Å²) < 4.78 is 13.7. The van der Waals surface area contributed by atoms with Gasteiger partial charge in [0.05, 0.1) is 12.1 Å². The summed E-state index contributed by atoms with van der Waals surface area (Å²) in [6.07, 6.45) is 0.797. The molecule has 18 heavy (non-hydrogen) atoms. The molecule has 1 aliphatic heterocycles. The van der Waals surface area contributed by atoms with Crippen molar-refractivity contribution in [2.24, 2.45) is 0 Å². The van der Waals surface area contributed by atoms with Gasteiger partial charge in [0.2, 0.25) is 5.91 Å². The number of hydrogen-bond acceptors (Lipinski definition) is 2. The molecule has 0 aliphatic carbocycles. The largest absolute Gasteiger partial charge is 0.334 e. The minimum atomic E-state index is -0.246. The van der Waals surface area contributed by atoms with Crippen molar-refractivity contribution in [3.8, 4) is 0 Å². The Morgan fingerprint density at radius 2 is 2.22 bits per heavy atom. The van der Waals surface area contributed by atoms with E-state index in [1.54, 1.807) is 23.1 Å². The van der Waals surface area contributed by atoms with Crippen molar-refractivity contribution in [2.75, 3.05) is 13.1 Å². The van der Waals surface area contributed by atoms with E-state index in [-0.39, 0.29) is 23.8 Å². The number of likely N-dealkylation sites (tertiary alicyclic amines) is 1. The Hall–Kier alpha value is -1.42. The molecule has 1 heterocycles. The Morgan fingerprint density at radius 3 is 2.89 bits per heavy atom. The maximum Gasteiger partial charge on any atom is 0.240 e. The van der Waals surface area contributed by atoms with E-state index in [0.29, 0.717) is 12.1 Å². The molecule has 0 saturated carbocycles. The van der Waals surface area contributed by atoms with Gasteiger partial charge < -0.3 is 10.2 Å². The molecular weight excluding hydrogens is 231 g/mol. The van der Waals surface area contributed by atoms with Gasteiger partial charge in [0.15, 0.2) is 0 Å². The van der Waals surface area contributed by atoms with Crippen LogP contribution in [0.1, 0.15) is 31.9 Å². The molecule has 1 amide bonds. The van der Waals surface area contributed by atoms with Crippen molar-refractivity contribution in [1.82, 2.24) is 10.2 Å². The van der Waals surface area contributed by atoms with E-state index < -0.39 is 0 Å². The number of halogens is 1. The number of rotatable bonds is 4. The second kappa shape index (κ2) is 5.48. The molecule has 0 spiro atoms. The lowest BCUT2D eigenvalue weighted by Crippen LogP contribution is -2.39. The summed E-state index contributed by atoms with van der Waals surface area (Å²) in [7, 11) is 0. The van der Waals surface area contributed by atoms with Gasteiger partial charge in [-0.3, -0.25) is 4.79 Å². The molecule has 1 N–H and O–H groups in total. The molecule has 0 bridgehead atoms. The van der Waals surface area contributed by atoms with Crippen LogP contribution in [0, 0.1) is 5.82 Å². The van der Waals surface area contributed by atoms with Gasteiger partial charge in [-0.15, -0.1) is 0 Å². The van der Waals surface area contributed by atoms with Crippen LogP contribution in [-0.2, 0) is 4.79 Å². The van der Waals surface area contributed by atoms with Gasteiger partial charge >= 0.3 is 0 Å². The lowest BCUT2D eigenvalue weighted by molar-refractivity contribution is -0.131. The fourth-order valence-corrected chi connectivity index (χ4v) is 2.50. The number of benzene rings is 1. The van der Waals surface area contributed by atoms with Crippen molar-refractivity contribution >= 4 is 5.91 Å². The van der Waals surface area contributed by atoms with Crippen LogP contribution in [0.15, 0.2) is 24.3 Å². The Bertz CT molecular complexity index is 436. The molecule has 2 rings (SSSR count). The summed E-state index contributed by atoms with van der Waals surface area (Å²) in [5, 5.41) is 3.16. The lowest BCUT2D eigenvalue weighted by Gasteiger charge is -2.25. The number of hydrogen-bond donors (Lipinski definition) is 1. The van der Waals surface area contributed by atoms with E-state index in [1.165, 1.54) is 6.07 Å². The van der Waals surface area contributed by atoms with Crippen molar-refractivity contribution in [1.29, 1.82) is 0 Å². The molecule has 1 aromatic carbocycles. The van der Waals surface area contributed by atoms with E-state index in [0.717, 1.165) is 13.0 Å². The molecule has 3 nitrogen and oxygen atoms in total. The Balaban J connectivity index is 2.14. The van der Waals surface area contributed by atoms with Gasteiger partial charge in [-0.1, -0.05) is 25.1 Å². The smallest absolute Gasteiger partial charge is 0.240 e. The predicted octanol–water partition coefficient (Wildman–Crippen LogP) is 2.10. The Kier molecular flexibility index (Phi) is 3.97. The van der Waals surface area contributed by atoms with Crippen molar-refractivity contribution in [3.63, 3.8) is 0 Å². The third kappa shape index (κ3) is 2.38. The van der Waals surface area contributed by atoms with Gasteiger partial charge in [0.25, 0.3) is 0 Å². The number of amides is 1. The highest BCUT2D eigenvalue weighted by Crippen LogP contribution is 2.27. The van der Waals surface area contributed by atoms with Gasteiger partial charge in [-0.05, 0) is 26.0 Å². The van der Waals surface area contributed by atoms with E-state index in [2.05, 4.69) is 5.32 Å². The van der Waals surface area contributed by atoms with Crippen molar-refractivity contribution in [2.45, 2.75) is 32.4 Å². The first-order valence-electron chi connectivity index (χ1n) is 6.43. The third-order valence-corrected chi connectivity index (χ3v) is 3.51. The number of nitrogens with one attached hydrogen (secondary N) is 1. The van der Waals surface area contributed by atoms with Crippen molar-refractivity contribution in [3.05, 3.63) is 35.6 Å². The minimum absolute atomic E-state index is 0.0765. The van der Waals surface area contributed by atoms with Crippen LogP contribution in [0.2, 0.25) is 0 Å². The van der Waals surface area contributed by atoms with Gasteiger partial charge in [-0.25, -0.2) is 4.39 Å². The molecule has 2 atom stereocenters. The zero-order valence-corrected chi connectivity index (χ0v) is 10.8. The monoisotopic (exact) mass is 250 g/mol.